The van der Waals surface area contributed by atoms with Crippen molar-refractivity contribution >= 4 is 40.5 Å². The number of carboxylic acids is 2. The van der Waals surface area contributed by atoms with E-state index >= 15 is 0 Å². The highest BCUT2D eigenvalue weighted by molar-refractivity contribution is 5.96. The first-order valence-electron chi connectivity index (χ1n) is 14.4. The third-order valence-corrected chi connectivity index (χ3v) is 6.85. The number of hydrogen-bond acceptors (Lipinski definition) is 7. The van der Waals surface area contributed by atoms with Crippen LogP contribution >= 0.6 is 0 Å². The number of amides is 1. The first kappa shape index (κ1) is 39.0. The summed E-state index contributed by atoms with van der Waals surface area (Å²) >= 11 is 0. The molecule has 0 radical (unpaired) electrons. The molecule has 2 unspecified atom stereocenters. The summed E-state index contributed by atoms with van der Waals surface area (Å²) in [5, 5.41) is 21.6. The Kier molecular flexibility index (Phi) is 13.9. The molecule has 12 nitrogen and oxygen atoms in total. The van der Waals surface area contributed by atoms with Gasteiger partial charge in [0.2, 0.25) is 5.82 Å². The molecule has 0 saturated heterocycles. The van der Waals surface area contributed by atoms with Crippen molar-refractivity contribution in [3.63, 3.8) is 0 Å². The number of rotatable bonds is 7. The highest BCUT2D eigenvalue weighted by atomic mass is 19.4. The van der Waals surface area contributed by atoms with Crippen molar-refractivity contribution in [2.75, 3.05) is 11.9 Å². The van der Waals surface area contributed by atoms with Gasteiger partial charge in [-0.15, -0.1) is 0 Å². The van der Waals surface area contributed by atoms with Crippen LogP contribution in [-0.4, -0.2) is 75.0 Å². The molecule has 1 heterocycles. The third-order valence-electron chi connectivity index (χ3n) is 6.85. The zero-order chi connectivity index (χ0) is 36.2. The molecule has 1 saturated carbocycles. The number of aliphatic imine (C=N–C) groups is 1. The van der Waals surface area contributed by atoms with Gasteiger partial charge in [-0.1, -0.05) is 48.7 Å². The van der Waals surface area contributed by atoms with Gasteiger partial charge in [0, 0.05) is 11.9 Å². The SMILES string of the molecule is Cc1ccc2nc(C(=O)NCCc3ccccc3C)nc(NC3CCCCC3N=C(N)N)c2c1.O=C(O)C(F)(F)F.O=C(O)C(F)(F)F. The Morgan fingerprint density at radius 2 is 1.50 bits per heavy atom. The third kappa shape index (κ3) is 12.6. The van der Waals surface area contributed by atoms with Gasteiger partial charge in [0.1, 0.15) is 5.82 Å². The number of nitrogens with zero attached hydrogens (tertiary/aromatic N) is 3. The molecule has 1 aliphatic carbocycles. The van der Waals surface area contributed by atoms with E-state index in [9.17, 15) is 31.1 Å². The zero-order valence-electron chi connectivity index (χ0n) is 25.8. The fraction of sp³-hybridized carbons (Fsp3) is 0.400. The maximum Gasteiger partial charge on any atom is 0.490 e. The lowest BCUT2D eigenvalue weighted by molar-refractivity contribution is -0.193. The lowest BCUT2D eigenvalue weighted by Gasteiger charge is -2.30. The van der Waals surface area contributed by atoms with E-state index in [2.05, 4.69) is 44.7 Å². The van der Waals surface area contributed by atoms with Crippen LogP contribution in [0.3, 0.4) is 0 Å². The molecule has 48 heavy (non-hydrogen) atoms. The zero-order valence-corrected chi connectivity index (χ0v) is 25.8. The minimum Gasteiger partial charge on any atom is -0.475 e. The van der Waals surface area contributed by atoms with Crippen LogP contribution in [0, 0.1) is 13.8 Å². The number of hydrogen-bond donors (Lipinski definition) is 6. The van der Waals surface area contributed by atoms with E-state index in [1.165, 1.54) is 11.1 Å². The number of anilines is 1. The minimum absolute atomic E-state index is 0.0278. The largest absolute Gasteiger partial charge is 0.490 e. The number of nitrogens with two attached hydrogens (primary N) is 2. The predicted octanol–water partition coefficient (Wildman–Crippen LogP) is 4.48. The molecule has 0 aliphatic heterocycles. The van der Waals surface area contributed by atoms with Crippen molar-refractivity contribution in [1.29, 1.82) is 0 Å². The number of benzene rings is 2. The number of carbonyl (C=O) groups is 3. The van der Waals surface area contributed by atoms with Crippen molar-refractivity contribution < 1.29 is 50.9 Å². The van der Waals surface area contributed by atoms with Gasteiger partial charge >= 0.3 is 24.3 Å². The number of fused-ring (bicyclic) bond motifs is 1. The topological polar surface area (TPSA) is 206 Å². The maximum absolute atomic E-state index is 13.0. The van der Waals surface area contributed by atoms with Gasteiger partial charge in [-0.25, -0.2) is 24.5 Å². The molecule has 8 N–H and O–H groups in total. The molecule has 2 aromatic carbocycles. The summed E-state index contributed by atoms with van der Waals surface area (Å²) in [6.45, 7) is 4.61. The van der Waals surface area contributed by atoms with E-state index in [1.807, 2.05) is 37.3 Å². The highest BCUT2D eigenvalue weighted by Gasteiger charge is 2.39. The molecule has 4 rings (SSSR count). The lowest BCUT2D eigenvalue weighted by Crippen LogP contribution is -2.38. The molecule has 1 aromatic heterocycles. The molecule has 1 amide bonds. The molecule has 18 heteroatoms. The van der Waals surface area contributed by atoms with Gasteiger partial charge in [-0.3, -0.25) is 4.79 Å². The summed E-state index contributed by atoms with van der Waals surface area (Å²) in [5.41, 5.74) is 15.6. The van der Waals surface area contributed by atoms with Crippen LogP contribution in [0.4, 0.5) is 32.2 Å². The Labute approximate surface area is 270 Å². The van der Waals surface area contributed by atoms with E-state index in [0.29, 0.717) is 12.4 Å². The molecular formula is C30H35F6N7O5. The standard InChI is InChI=1S/C26H33N7O.2C2HF3O2/c1-16-11-12-20-19(15-16)23(31-21-9-5-6-10-22(21)32-26(27)28)33-24(30-20)25(34)29-14-13-18-8-4-3-7-17(18)2;2*3-2(4,5)1(6)7/h3-4,7-8,11-12,15,21-22H,5-6,9-10,13-14H2,1-2H3,(H,29,34)(H4,27,28,32)(H,30,31,33);2*(H,6,7). The van der Waals surface area contributed by atoms with Gasteiger partial charge in [0.05, 0.1) is 17.6 Å². The number of alkyl halides is 6. The average molecular weight is 688 g/mol. The molecule has 2 atom stereocenters. The molecule has 0 bridgehead atoms. The minimum atomic E-state index is -5.08. The number of halogens is 6. The van der Waals surface area contributed by atoms with Crippen LogP contribution in [-0.2, 0) is 16.0 Å². The first-order valence-corrected chi connectivity index (χ1v) is 14.4. The first-order chi connectivity index (χ1) is 22.3. The van der Waals surface area contributed by atoms with Gasteiger partial charge < -0.3 is 32.3 Å². The summed E-state index contributed by atoms with van der Waals surface area (Å²) in [7, 11) is 0. The number of carbonyl (C=O) groups excluding carboxylic acids is 1. The van der Waals surface area contributed by atoms with Crippen molar-refractivity contribution in [3.05, 3.63) is 65.0 Å². The fourth-order valence-corrected chi connectivity index (χ4v) is 4.54. The Morgan fingerprint density at radius 3 is 2.06 bits per heavy atom. The Bertz CT molecular complexity index is 1590. The van der Waals surface area contributed by atoms with E-state index in [0.717, 1.165) is 48.6 Å². The summed E-state index contributed by atoms with van der Waals surface area (Å²) in [5.74, 6) is -4.92. The predicted molar refractivity (Wildman–Crippen MR) is 164 cm³/mol. The number of aryl methyl sites for hydroxylation is 2. The van der Waals surface area contributed by atoms with E-state index < -0.39 is 24.3 Å². The summed E-state index contributed by atoms with van der Waals surface area (Å²) in [4.78, 5) is 44.4. The summed E-state index contributed by atoms with van der Waals surface area (Å²) in [6, 6.07) is 14.1. The average Bonchev–Trinajstić information content (AvgIpc) is 2.98. The van der Waals surface area contributed by atoms with Crippen molar-refractivity contribution in [3.8, 4) is 0 Å². The number of aliphatic carboxylic acids is 2. The maximum atomic E-state index is 13.0. The second-order valence-electron chi connectivity index (χ2n) is 10.6. The molecule has 262 valence electrons. The Morgan fingerprint density at radius 1 is 0.917 bits per heavy atom. The lowest BCUT2D eigenvalue weighted by atomic mass is 9.90. The van der Waals surface area contributed by atoms with Crippen molar-refractivity contribution in [2.45, 2.75) is 70.4 Å². The van der Waals surface area contributed by atoms with Crippen LogP contribution in [0.15, 0.2) is 47.5 Å². The van der Waals surface area contributed by atoms with Gasteiger partial charge in [-0.2, -0.15) is 26.3 Å². The van der Waals surface area contributed by atoms with Gasteiger partial charge in [0.25, 0.3) is 5.91 Å². The number of guanidine groups is 1. The Hall–Kier alpha value is -5.16. The second kappa shape index (κ2) is 17.1. The molecule has 0 spiro atoms. The van der Waals surface area contributed by atoms with Crippen molar-refractivity contribution in [2.24, 2.45) is 16.5 Å². The molecule has 3 aromatic rings. The van der Waals surface area contributed by atoms with Gasteiger partial charge in [0.15, 0.2) is 5.96 Å². The van der Waals surface area contributed by atoms with Crippen LogP contribution in [0.25, 0.3) is 10.9 Å². The summed E-state index contributed by atoms with van der Waals surface area (Å²) in [6.07, 6.45) is -5.42. The molecule has 1 fully saturated rings. The van der Waals surface area contributed by atoms with Crippen molar-refractivity contribution in [1.82, 2.24) is 15.3 Å². The number of aromatic nitrogens is 2. The van der Waals surface area contributed by atoms with E-state index in [1.54, 1.807) is 0 Å². The van der Waals surface area contributed by atoms with Crippen LogP contribution < -0.4 is 22.1 Å². The van der Waals surface area contributed by atoms with Crippen LogP contribution in [0.1, 0.15) is 53.0 Å². The van der Waals surface area contributed by atoms with Gasteiger partial charge in [-0.05, 0) is 56.4 Å². The quantitative estimate of drug-likeness (QED) is 0.117. The number of nitrogens with one attached hydrogen (secondary N) is 2. The monoisotopic (exact) mass is 687 g/mol. The van der Waals surface area contributed by atoms with Crippen LogP contribution in [0.2, 0.25) is 0 Å². The van der Waals surface area contributed by atoms with Crippen LogP contribution in [0.5, 0.6) is 0 Å². The molecule has 1 aliphatic rings. The number of carboxylic acid groups (broad SMARTS) is 2. The summed E-state index contributed by atoms with van der Waals surface area (Å²) < 4.78 is 63.5. The smallest absolute Gasteiger partial charge is 0.475 e. The molecular weight excluding hydrogens is 652 g/mol. The fourth-order valence-electron chi connectivity index (χ4n) is 4.54. The Balaban J connectivity index is 0.000000479. The van der Waals surface area contributed by atoms with E-state index in [-0.39, 0.29) is 29.8 Å². The second-order valence-corrected chi connectivity index (χ2v) is 10.6. The highest BCUT2D eigenvalue weighted by Crippen LogP contribution is 2.28. The van der Waals surface area contributed by atoms with E-state index in [4.69, 9.17) is 31.3 Å². The normalized spacial score (nSPS) is 15.9.